The first-order chi connectivity index (χ1) is 17.4. The Labute approximate surface area is 212 Å². The van der Waals surface area contributed by atoms with Gasteiger partial charge in [-0.25, -0.2) is 0 Å². The lowest BCUT2D eigenvalue weighted by atomic mass is 9.91. The van der Waals surface area contributed by atoms with Crippen LogP contribution in [0.5, 0.6) is 11.5 Å². The second-order valence-corrected chi connectivity index (χ2v) is 8.72. The summed E-state index contributed by atoms with van der Waals surface area (Å²) in [4.78, 5) is 28.3. The summed E-state index contributed by atoms with van der Waals surface area (Å²) in [7, 11) is 2.99. The highest BCUT2D eigenvalue weighted by Crippen LogP contribution is 2.45. The van der Waals surface area contributed by atoms with Gasteiger partial charge >= 0.3 is 0 Å². The fraction of sp³-hybridized carbons (Fsp3) is 0.103. The molecule has 0 spiro atoms. The van der Waals surface area contributed by atoms with Gasteiger partial charge in [-0.2, -0.15) is 0 Å². The van der Waals surface area contributed by atoms with Crippen LogP contribution >= 0.6 is 11.6 Å². The Balaban J connectivity index is 1.78. The molecule has 4 aromatic rings. The predicted octanol–water partition coefficient (Wildman–Crippen LogP) is 6.14. The summed E-state index contributed by atoms with van der Waals surface area (Å²) in [5, 5.41) is 13.8. The van der Waals surface area contributed by atoms with E-state index in [0.29, 0.717) is 33.3 Å². The first-order valence-corrected chi connectivity index (χ1v) is 11.6. The highest BCUT2D eigenvalue weighted by Gasteiger charge is 2.47. The molecule has 0 aliphatic carbocycles. The van der Waals surface area contributed by atoms with Gasteiger partial charge < -0.3 is 14.6 Å². The normalized spacial score (nSPS) is 17.0. The number of ether oxygens (including phenoxy) is 2. The first kappa shape index (κ1) is 23.5. The minimum Gasteiger partial charge on any atom is -0.507 e. The summed E-state index contributed by atoms with van der Waals surface area (Å²) >= 11 is 6.09. The molecular formula is C29H22ClNO5. The number of nitrogens with zero attached hydrogens (tertiary/aromatic N) is 1. The maximum atomic E-state index is 13.5. The van der Waals surface area contributed by atoms with Crippen molar-refractivity contribution in [1.29, 1.82) is 0 Å². The van der Waals surface area contributed by atoms with E-state index >= 15 is 0 Å². The van der Waals surface area contributed by atoms with Crippen LogP contribution in [-0.2, 0) is 9.59 Å². The third-order valence-electron chi connectivity index (χ3n) is 6.32. The maximum Gasteiger partial charge on any atom is 0.300 e. The van der Waals surface area contributed by atoms with E-state index in [2.05, 4.69) is 0 Å². The molecule has 1 heterocycles. The van der Waals surface area contributed by atoms with Crippen LogP contribution in [0.2, 0.25) is 5.02 Å². The number of carbonyl (C=O) groups is 2. The van der Waals surface area contributed by atoms with Crippen LogP contribution in [-0.4, -0.2) is 31.0 Å². The number of carbonyl (C=O) groups excluding carboxylic acids is 2. The largest absolute Gasteiger partial charge is 0.507 e. The average molecular weight is 500 g/mol. The van der Waals surface area contributed by atoms with Crippen molar-refractivity contribution in [3.05, 3.63) is 107 Å². The number of Topliss-reactive ketones (excluding diaryl/α,β-unsaturated/α-hetero) is 1. The summed E-state index contributed by atoms with van der Waals surface area (Å²) in [5.41, 5.74) is 1.51. The van der Waals surface area contributed by atoms with E-state index < -0.39 is 17.7 Å². The number of amides is 1. The Hall–Kier alpha value is -4.29. The molecule has 180 valence electrons. The average Bonchev–Trinajstić information content (AvgIpc) is 3.17. The molecule has 5 rings (SSSR count). The molecule has 1 aliphatic heterocycles. The van der Waals surface area contributed by atoms with Crippen LogP contribution < -0.4 is 14.4 Å². The molecule has 4 aromatic carbocycles. The molecule has 0 saturated carbocycles. The van der Waals surface area contributed by atoms with Crippen molar-refractivity contribution >= 4 is 45.5 Å². The van der Waals surface area contributed by atoms with Crippen molar-refractivity contribution in [2.24, 2.45) is 0 Å². The van der Waals surface area contributed by atoms with E-state index in [0.717, 1.165) is 10.8 Å². The molecule has 1 fully saturated rings. The number of fused-ring (bicyclic) bond motifs is 1. The minimum absolute atomic E-state index is 0.0153. The molecule has 36 heavy (non-hydrogen) atoms. The van der Waals surface area contributed by atoms with Gasteiger partial charge in [-0.05, 0) is 58.8 Å². The van der Waals surface area contributed by atoms with E-state index in [4.69, 9.17) is 21.1 Å². The Morgan fingerprint density at radius 2 is 1.56 bits per heavy atom. The van der Waals surface area contributed by atoms with Gasteiger partial charge in [0.25, 0.3) is 11.7 Å². The lowest BCUT2D eigenvalue weighted by Gasteiger charge is -2.26. The van der Waals surface area contributed by atoms with Crippen molar-refractivity contribution in [3.8, 4) is 11.5 Å². The number of hydrogen-bond acceptors (Lipinski definition) is 5. The Morgan fingerprint density at radius 3 is 2.28 bits per heavy atom. The quantitative estimate of drug-likeness (QED) is 0.203. The summed E-state index contributed by atoms with van der Waals surface area (Å²) in [6, 6.07) is 24.0. The van der Waals surface area contributed by atoms with E-state index in [1.165, 1.54) is 19.1 Å². The van der Waals surface area contributed by atoms with Crippen LogP contribution in [0, 0.1) is 0 Å². The summed E-state index contributed by atoms with van der Waals surface area (Å²) in [6.45, 7) is 0. The zero-order chi connectivity index (χ0) is 25.4. The van der Waals surface area contributed by atoms with Crippen molar-refractivity contribution in [2.45, 2.75) is 6.04 Å². The molecule has 1 atom stereocenters. The summed E-state index contributed by atoms with van der Waals surface area (Å²) in [5.74, 6) is -0.965. The van der Waals surface area contributed by atoms with Gasteiger partial charge in [0.1, 0.15) is 5.76 Å². The molecule has 1 saturated heterocycles. The molecule has 1 amide bonds. The second kappa shape index (κ2) is 9.40. The van der Waals surface area contributed by atoms with Gasteiger partial charge in [-0.1, -0.05) is 54.1 Å². The molecule has 1 aliphatic rings. The van der Waals surface area contributed by atoms with Gasteiger partial charge in [-0.3, -0.25) is 14.5 Å². The lowest BCUT2D eigenvalue weighted by molar-refractivity contribution is -0.132. The number of aliphatic hydroxyl groups excluding tert-OH is 1. The van der Waals surface area contributed by atoms with Gasteiger partial charge in [0.2, 0.25) is 0 Å². The molecular weight excluding hydrogens is 478 g/mol. The molecule has 7 heteroatoms. The van der Waals surface area contributed by atoms with E-state index in [9.17, 15) is 14.7 Å². The number of ketones is 1. The summed E-state index contributed by atoms with van der Waals surface area (Å²) in [6.07, 6.45) is 0. The van der Waals surface area contributed by atoms with Crippen molar-refractivity contribution in [3.63, 3.8) is 0 Å². The number of benzene rings is 4. The third kappa shape index (κ3) is 3.85. The number of methoxy groups -OCH3 is 2. The van der Waals surface area contributed by atoms with Crippen LogP contribution in [0.4, 0.5) is 5.69 Å². The zero-order valence-corrected chi connectivity index (χ0v) is 20.3. The lowest BCUT2D eigenvalue weighted by Crippen LogP contribution is -2.29. The van der Waals surface area contributed by atoms with Crippen LogP contribution in [0.3, 0.4) is 0 Å². The van der Waals surface area contributed by atoms with E-state index in [1.54, 1.807) is 42.5 Å². The number of halogens is 1. The Bertz CT molecular complexity index is 1520. The Kier molecular flexibility index (Phi) is 6.12. The summed E-state index contributed by atoms with van der Waals surface area (Å²) < 4.78 is 10.7. The molecule has 0 radical (unpaired) electrons. The fourth-order valence-corrected chi connectivity index (χ4v) is 4.75. The zero-order valence-electron chi connectivity index (χ0n) is 19.6. The van der Waals surface area contributed by atoms with Crippen LogP contribution in [0.25, 0.3) is 16.5 Å². The number of hydrogen-bond donors (Lipinski definition) is 1. The third-order valence-corrected chi connectivity index (χ3v) is 6.58. The number of rotatable bonds is 5. The van der Waals surface area contributed by atoms with Gasteiger partial charge in [0.15, 0.2) is 11.5 Å². The van der Waals surface area contributed by atoms with Crippen LogP contribution in [0.15, 0.2) is 90.5 Å². The van der Waals surface area contributed by atoms with E-state index in [1.807, 2.05) is 42.5 Å². The van der Waals surface area contributed by atoms with Crippen molar-refractivity contribution in [1.82, 2.24) is 0 Å². The highest BCUT2D eigenvalue weighted by atomic mass is 35.5. The molecule has 0 aromatic heterocycles. The van der Waals surface area contributed by atoms with Gasteiger partial charge in [-0.15, -0.1) is 0 Å². The van der Waals surface area contributed by atoms with Gasteiger partial charge in [0, 0.05) is 16.3 Å². The number of aliphatic hydroxyl groups is 1. The van der Waals surface area contributed by atoms with Gasteiger partial charge in [0.05, 0.1) is 25.8 Å². The van der Waals surface area contributed by atoms with Crippen LogP contribution in [0.1, 0.15) is 17.2 Å². The molecule has 1 unspecified atom stereocenters. The molecule has 6 nitrogen and oxygen atoms in total. The maximum absolute atomic E-state index is 13.5. The molecule has 1 N–H and O–H groups in total. The standard InChI is InChI=1S/C29H22ClNO5/c1-35-23-15-10-18(16-24(23)36-2)27(32)25-26(22-9-5-7-17-6-3-4-8-21(17)22)31(29(34)28(25)33)20-13-11-19(30)12-14-20/h3-16,26,32H,1-2H3/b27-25-. The smallest absolute Gasteiger partial charge is 0.300 e. The Morgan fingerprint density at radius 1 is 0.861 bits per heavy atom. The first-order valence-electron chi connectivity index (χ1n) is 11.2. The van der Waals surface area contributed by atoms with Crippen molar-refractivity contribution < 1.29 is 24.2 Å². The number of anilines is 1. The van der Waals surface area contributed by atoms with E-state index in [-0.39, 0.29) is 11.3 Å². The SMILES string of the molecule is COc1ccc(/C(O)=C2/C(=O)C(=O)N(c3ccc(Cl)cc3)C2c2cccc3ccccc23)cc1OC. The monoisotopic (exact) mass is 499 g/mol. The fourth-order valence-electron chi connectivity index (χ4n) is 4.62. The van der Waals surface area contributed by atoms with Crippen molar-refractivity contribution in [2.75, 3.05) is 19.1 Å². The topological polar surface area (TPSA) is 76.1 Å². The highest BCUT2D eigenvalue weighted by molar-refractivity contribution is 6.52. The minimum atomic E-state index is -0.870. The predicted molar refractivity (Wildman–Crippen MR) is 140 cm³/mol. The second-order valence-electron chi connectivity index (χ2n) is 8.28. The molecule has 0 bridgehead atoms.